The third-order valence-electron chi connectivity index (χ3n) is 4.50. The molecule has 1 aliphatic rings. The Bertz CT molecular complexity index is 770. The van der Waals surface area contributed by atoms with E-state index in [2.05, 4.69) is 5.32 Å². The van der Waals surface area contributed by atoms with Crippen molar-refractivity contribution in [2.45, 2.75) is 19.8 Å². The van der Waals surface area contributed by atoms with Gasteiger partial charge in [0, 0.05) is 28.9 Å². The lowest BCUT2D eigenvalue weighted by molar-refractivity contribution is -0.490. The van der Waals surface area contributed by atoms with Crippen LogP contribution in [0, 0.1) is 27.9 Å². The Balaban J connectivity index is 1.85. The minimum atomic E-state index is -0.754. The topological polar surface area (TPSA) is 116 Å². The van der Waals surface area contributed by atoms with Gasteiger partial charge in [-0.2, -0.15) is 0 Å². The summed E-state index contributed by atoms with van der Waals surface area (Å²) in [5, 5.41) is 13.9. The average Bonchev–Trinajstić information content (AvgIpc) is 2.83. The van der Waals surface area contributed by atoms with Gasteiger partial charge in [0.2, 0.25) is 6.54 Å². The highest BCUT2D eigenvalue weighted by molar-refractivity contribution is 6.42. The van der Waals surface area contributed by atoms with Crippen LogP contribution in [-0.2, 0) is 19.1 Å². The average molecular weight is 417 g/mol. The lowest BCUT2D eigenvalue weighted by atomic mass is 9.88. The summed E-state index contributed by atoms with van der Waals surface area (Å²) in [6.45, 7) is 0.834. The normalized spacial score (nSPS) is 21.7. The molecule has 1 aromatic carbocycles. The van der Waals surface area contributed by atoms with Crippen molar-refractivity contribution in [2.24, 2.45) is 17.8 Å². The number of ether oxygens (including phenoxy) is 1. The van der Waals surface area contributed by atoms with E-state index in [-0.39, 0.29) is 36.1 Å². The number of carbonyl (C=O) groups excluding carboxylic acids is 3. The molecule has 0 spiro atoms. The van der Waals surface area contributed by atoms with Crippen LogP contribution in [-0.4, -0.2) is 35.7 Å². The molecule has 27 heavy (non-hydrogen) atoms. The van der Waals surface area contributed by atoms with E-state index in [1.54, 1.807) is 6.92 Å². The number of benzene rings is 1. The molecular weight excluding hydrogens is 399 g/mol. The van der Waals surface area contributed by atoms with Gasteiger partial charge in [0.05, 0.1) is 16.5 Å². The van der Waals surface area contributed by atoms with Gasteiger partial charge in [-0.15, -0.1) is 0 Å². The standard InChI is InChI=1S/C17H18Cl2N2O6/c1-9-4-15(22)11(12(9)7-21(25)26)6-17(24)27-8-16(23)20-10-2-3-13(18)14(19)5-10/h2-3,5,9,11-12H,4,6-8H2,1H3,(H,20,23)/t9-,11+,12-/m1/s1. The second-order valence-electron chi connectivity index (χ2n) is 6.48. The van der Waals surface area contributed by atoms with Crippen LogP contribution in [0.4, 0.5) is 5.69 Å². The highest BCUT2D eigenvalue weighted by Crippen LogP contribution is 2.36. The van der Waals surface area contributed by atoms with Gasteiger partial charge in [0.25, 0.3) is 5.91 Å². The molecule has 3 atom stereocenters. The molecule has 1 aliphatic carbocycles. The van der Waals surface area contributed by atoms with Crippen LogP contribution in [0.1, 0.15) is 19.8 Å². The van der Waals surface area contributed by atoms with E-state index in [0.29, 0.717) is 10.7 Å². The highest BCUT2D eigenvalue weighted by atomic mass is 35.5. The molecule has 1 fully saturated rings. The van der Waals surface area contributed by atoms with E-state index in [4.69, 9.17) is 27.9 Å². The Morgan fingerprint density at radius 3 is 2.67 bits per heavy atom. The Hall–Kier alpha value is -2.19. The summed E-state index contributed by atoms with van der Waals surface area (Å²) in [4.78, 5) is 46.1. The van der Waals surface area contributed by atoms with Crippen molar-refractivity contribution in [2.75, 3.05) is 18.5 Å². The van der Waals surface area contributed by atoms with E-state index in [9.17, 15) is 24.5 Å². The summed E-state index contributed by atoms with van der Waals surface area (Å²) in [6.07, 6.45) is -0.0734. The van der Waals surface area contributed by atoms with Gasteiger partial charge in [0.1, 0.15) is 5.78 Å². The van der Waals surface area contributed by atoms with Crippen molar-refractivity contribution in [3.8, 4) is 0 Å². The molecule has 146 valence electrons. The number of Topliss-reactive ketones (excluding diaryl/α,β-unsaturated/α-hetero) is 1. The van der Waals surface area contributed by atoms with Crippen LogP contribution < -0.4 is 5.32 Å². The molecule has 0 saturated heterocycles. The van der Waals surface area contributed by atoms with Gasteiger partial charge in [0.15, 0.2) is 6.61 Å². The minimum Gasteiger partial charge on any atom is -0.456 e. The van der Waals surface area contributed by atoms with E-state index in [1.165, 1.54) is 18.2 Å². The first-order valence-corrected chi connectivity index (χ1v) is 8.98. The van der Waals surface area contributed by atoms with Crippen LogP contribution in [0.25, 0.3) is 0 Å². The molecule has 0 aliphatic heterocycles. The van der Waals surface area contributed by atoms with Crippen molar-refractivity contribution in [3.63, 3.8) is 0 Å². The van der Waals surface area contributed by atoms with Gasteiger partial charge >= 0.3 is 5.97 Å². The van der Waals surface area contributed by atoms with Crippen molar-refractivity contribution in [3.05, 3.63) is 38.4 Å². The number of anilines is 1. The number of nitrogens with zero attached hydrogens (tertiary/aromatic N) is 1. The number of rotatable bonds is 7. The lowest BCUT2D eigenvalue weighted by Gasteiger charge is -2.17. The number of esters is 1. The summed E-state index contributed by atoms with van der Waals surface area (Å²) in [5.41, 5.74) is 0.385. The smallest absolute Gasteiger partial charge is 0.307 e. The van der Waals surface area contributed by atoms with Crippen molar-refractivity contribution < 1.29 is 24.0 Å². The molecule has 8 nitrogen and oxygen atoms in total. The van der Waals surface area contributed by atoms with Gasteiger partial charge in [-0.25, -0.2) is 0 Å². The third kappa shape index (κ3) is 5.90. The first kappa shape index (κ1) is 21.1. The molecule has 0 unspecified atom stereocenters. The largest absolute Gasteiger partial charge is 0.456 e. The monoisotopic (exact) mass is 416 g/mol. The SMILES string of the molecule is C[C@@H]1CC(=O)[C@@H](CC(=O)OCC(=O)Nc2ccc(Cl)c(Cl)c2)[C@@H]1C[N+](=O)[O-]. The van der Waals surface area contributed by atoms with E-state index >= 15 is 0 Å². The van der Waals surface area contributed by atoms with Gasteiger partial charge in [-0.1, -0.05) is 30.1 Å². The van der Waals surface area contributed by atoms with Crippen LogP contribution >= 0.6 is 23.2 Å². The first-order valence-electron chi connectivity index (χ1n) is 8.22. The number of ketones is 1. The number of hydrogen-bond donors (Lipinski definition) is 1. The molecule has 0 bridgehead atoms. The quantitative estimate of drug-likeness (QED) is 0.414. The summed E-state index contributed by atoms with van der Waals surface area (Å²) in [5.74, 6) is -2.96. The predicted octanol–water partition coefficient (Wildman–Crippen LogP) is 2.98. The fourth-order valence-electron chi connectivity index (χ4n) is 3.16. The first-order chi connectivity index (χ1) is 12.7. The zero-order chi connectivity index (χ0) is 20.1. The minimum absolute atomic E-state index is 0.168. The molecule has 0 heterocycles. The van der Waals surface area contributed by atoms with Crippen molar-refractivity contribution in [1.82, 2.24) is 0 Å². The molecule has 0 radical (unpaired) electrons. The maximum Gasteiger partial charge on any atom is 0.307 e. The second kappa shape index (κ2) is 9.14. The Morgan fingerprint density at radius 2 is 2.04 bits per heavy atom. The van der Waals surface area contributed by atoms with E-state index in [0.717, 1.165) is 0 Å². The van der Waals surface area contributed by atoms with Crippen LogP contribution in [0.5, 0.6) is 0 Å². The zero-order valence-corrected chi connectivity index (χ0v) is 16.0. The number of nitrogens with one attached hydrogen (secondary N) is 1. The fraction of sp³-hybridized carbons (Fsp3) is 0.471. The summed E-state index contributed by atoms with van der Waals surface area (Å²) >= 11 is 11.6. The molecule has 1 aromatic rings. The third-order valence-corrected chi connectivity index (χ3v) is 5.24. The van der Waals surface area contributed by atoms with E-state index in [1.807, 2.05) is 0 Å². The molecule has 10 heteroatoms. The van der Waals surface area contributed by atoms with Gasteiger partial charge in [-0.05, 0) is 24.1 Å². The number of halogens is 2. The molecular formula is C17H18Cl2N2O6. The lowest BCUT2D eigenvalue weighted by Crippen LogP contribution is -2.28. The van der Waals surface area contributed by atoms with Gasteiger partial charge in [-0.3, -0.25) is 24.5 Å². The number of nitro groups is 1. The van der Waals surface area contributed by atoms with Crippen LogP contribution in [0.15, 0.2) is 18.2 Å². The molecule has 1 amide bonds. The molecule has 0 aromatic heterocycles. The number of amides is 1. The fourth-order valence-corrected chi connectivity index (χ4v) is 3.45. The number of hydrogen-bond acceptors (Lipinski definition) is 6. The Morgan fingerprint density at radius 1 is 1.33 bits per heavy atom. The maximum atomic E-state index is 12.0. The Labute approximate surface area is 165 Å². The summed E-state index contributed by atoms with van der Waals surface area (Å²) < 4.78 is 4.90. The maximum absolute atomic E-state index is 12.0. The highest BCUT2D eigenvalue weighted by Gasteiger charge is 2.44. The van der Waals surface area contributed by atoms with Crippen LogP contribution in [0.2, 0.25) is 10.0 Å². The molecule has 1 saturated carbocycles. The van der Waals surface area contributed by atoms with Crippen molar-refractivity contribution in [1.29, 1.82) is 0 Å². The summed E-state index contributed by atoms with van der Waals surface area (Å²) in [6, 6.07) is 4.49. The molecule has 1 N–H and O–H groups in total. The zero-order valence-electron chi connectivity index (χ0n) is 14.4. The van der Waals surface area contributed by atoms with Crippen LogP contribution in [0.3, 0.4) is 0 Å². The van der Waals surface area contributed by atoms with Crippen molar-refractivity contribution >= 4 is 46.5 Å². The number of carbonyl (C=O) groups is 3. The van der Waals surface area contributed by atoms with E-state index < -0.39 is 35.2 Å². The Kier molecular flexibility index (Phi) is 7.15. The summed E-state index contributed by atoms with van der Waals surface area (Å²) in [7, 11) is 0. The molecule has 2 rings (SSSR count). The second-order valence-corrected chi connectivity index (χ2v) is 7.29. The predicted molar refractivity (Wildman–Crippen MR) is 98.3 cm³/mol. The van der Waals surface area contributed by atoms with Gasteiger partial charge < -0.3 is 10.1 Å².